The number of amides is 1. The van der Waals surface area contributed by atoms with Gasteiger partial charge < -0.3 is 4.90 Å². The Labute approximate surface area is 128 Å². The first-order chi connectivity index (χ1) is 10.1. The zero-order valence-corrected chi connectivity index (χ0v) is 13.0. The Morgan fingerprint density at radius 1 is 1.27 bits per heavy atom. The van der Waals surface area contributed by atoms with Gasteiger partial charge in [-0.05, 0) is 56.4 Å². The van der Waals surface area contributed by atoms with E-state index in [2.05, 4.69) is 0 Å². The summed E-state index contributed by atoms with van der Waals surface area (Å²) < 4.78 is 41.5. The maximum Gasteiger partial charge on any atom is 0.259 e. The highest BCUT2D eigenvalue weighted by Gasteiger charge is 2.62. The highest BCUT2D eigenvalue weighted by Crippen LogP contribution is 2.54. The van der Waals surface area contributed by atoms with E-state index in [0.29, 0.717) is 18.4 Å². The summed E-state index contributed by atoms with van der Waals surface area (Å²) in [6.45, 7) is 3.95. The van der Waals surface area contributed by atoms with Crippen molar-refractivity contribution in [3.63, 3.8) is 0 Å². The van der Waals surface area contributed by atoms with Crippen LogP contribution in [0.2, 0.25) is 0 Å². The van der Waals surface area contributed by atoms with Crippen LogP contribution in [0.3, 0.4) is 0 Å². The van der Waals surface area contributed by atoms with Crippen LogP contribution in [0.1, 0.15) is 50.3 Å². The number of carbonyl (C=O) groups is 1. The van der Waals surface area contributed by atoms with Gasteiger partial charge in [-0.15, -0.1) is 0 Å². The molecule has 2 fully saturated rings. The van der Waals surface area contributed by atoms with Crippen molar-refractivity contribution in [3.8, 4) is 0 Å². The molecule has 5 heteroatoms. The van der Waals surface area contributed by atoms with Crippen molar-refractivity contribution in [2.75, 3.05) is 0 Å². The molecule has 0 aromatic heterocycles. The van der Waals surface area contributed by atoms with Crippen molar-refractivity contribution in [2.45, 2.75) is 58.0 Å². The molecule has 0 saturated carbocycles. The lowest BCUT2D eigenvalue weighted by Crippen LogP contribution is -2.44. The van der Waals surface area contributed by atoms with E-state index in [1.54, 1.807) is 11.8 Å². The molecular weight excluding hydrogens is 291 g/mol. The summed E-state index contributed by atoms with van der Waals surface area (Å²) >= 11 is 0. The van der Waals surface area contributed by atoms with E-state index in [1.807, 2.05) is 6.07 Å². The number of carbonyl (C=O) groups excluding carboxylic acids is 1. The minimum absolute atomic E-state index is 0.167. The lowest BCUT2D eigenvalue weighted by molar-refractivity contribution is -0.156. The van der Waals surface area contributed by atoms with Crippen LogP contribution in [0.4, 0.5) is 13.2 Å². The molecule has 2 aliphatic heterocycles. The third-order valence-corrected chi connectivity index (χ3v) is 5.27. The van der Waals surface area contributed by atoms with Crippen LogP contribution in [0.15, 0.2) is 18.2 Å². The van der Waals surface area contributed by atoms with Crippen LogP contribution >= 0.6 is 0 Å². The summed E-state index contributed by atoms with van der Waals surface area (Å²) in [6, 6.07) is 4.20. The zero-order valence-electron chi connectivity index (χ0n) is 13.0. The molecule has 2 saturated heterocycles. The van der Waals surface area contributed by atoms with Crippen molar-refractivity contribution in [2.24, 2.45) is 5.41 Å². The number of alkyl halides is 2. The van der Waals surface area contributed by atoms with Gasteiger partial charge in [-0.3, -0.25) is 4.79 Å². The van der Waals surface area contributed by atoms with Gasteiger partial charge in [0.05, 0.1) is 6.04 Å². The van der Waals surface area contributed by atoms with E-state index < -0.39 is 17.2 Å². The van der Waals surface area contributed by atoms with Crippen LogP contribution in [0.5, 0.6) is 0 Å². The number of rotatable bonds is 2. The molecule has 0 radical (unpaired) electrons. The van der Waals surface area contributed by atoms with Crippen LogP contribution in [-0.2, 0) is 4.79 Å². The van der Waals surface area contributed by atoms with Crippen LogP contribution in [0.25, 0.3) is 0 Å². The van der Waals surface area contributed by atoms with Gasteiger partial charge in [0.25, 0.3) is 5.92 Å². The Kier molecular flexibility index (Phi) is 3.31. The monoisotopic (exact) mass is 311 g/mol. The number of benzene rings is 1. The van der Waals surface area contributed by atoms with Gasteiger partial charge in [0.2, 0.25) is 5.91 Å². The van der Waals surface area contributed by atoms with Crippen molar-refractivity contribution in [3.05, 3.63) is 35.1 Å². The van der Waals surface area contributed by atoms with E-state index in [-0.39, 0.29) is 24.3 Å². The molecule has 1 aromatic rings. The molecule has 1 amide bonds. The molecule has 0 unspecified atom stereocenters. The van der Waals surface area contributed by atoms with Gasteiger partial charge in [-0.2, -0.15) is 0 Å². The standard InChI is InChI=1S/C17H20F3NO/c1-10-6-11(8-12(18)7-10)14-5-4-13-9-16(2,17(3,19)20)15(22)21(13)14/h6-8,13-14H,4-5,9H2,1-3H3/t13-,14+,16-/m1/s1. The van der Waals surface area contributed by atoms with E-state index in [1.165, 1.54) is 19.1 Å². The fourth-order valence-electron chi connectivity index (χ4n) is 3.89. The molecule has 2 nitrogen and oxygen atoms in total. The Morgan fingerprint density at radius 3 is 2.55 bits per heavy atom. The minimum atomic E-state index is -3.06. The molecule has 0 spiro atoms. The van der Waals surface area contributed by atoms with E-state index in [0.717, 1.165) is 12.5 Å². The van der Waals surface area contributed by atoms with Gasteiger partial charge in [0, 0.05) is 13.0 Å². The summed E-state index contributed by atoms with van der Waals surface area (Å²) in [4.78, 5) is 14.2. The SMILES string of the molecule is Cc1cc(F)cc([C@@H]2CC[C@@H]3C[C@@](C)(C(C)(F)F)C(=O)N32)c1. The largest absolute Gasteiger partial charge is 0.332 e. The minimum Gasteiger partial charge on any atom is -0.332 e. The van der Waals surface area contributed by atoms with Crippen molar-refractivity contribution in [1.29, 1.82) is 0 Å². The Hall–Kier alpha value is -1.52. The second-order valence-corrected chi connectivity index (χ2v) is 6.95. The summed E-state index contributed by atoms with van der Waals surface area (Å²) in [5, 5.41) is 0. The van der Waals surface area contributed by atoms with E-state index >= 15 is 0 Å². The molecular formula is C17H20F3NO. The fourth-order valence-corrected chi connectivity index (χ4v) is 3.89. The summed E-state index contributed by atoms with van der Waals surface area (Å²) in [5.41, 5.74) is -0.177. The number of hydrogen-bond acceptors (Lipinski definition) is 1. The van der Waals surface area contributed by atoms with Crippen molar-refractivity contribution >= 4 is 5.91 Å². The molecule has 3 atom stereocenters. The number of halogens is 3. The average Bonchev–Trinajstić information content (AvgIpc) is 2.88. The number of nitrogens with zero attached hydrogens (tertiary/aromatic N) is 1. The quantitative estimate of drug-likeness (QED) is 0.800. The highest BCUT2D eigenvalue weighted by molar-refractivity contribution is 5.87. The van der Waals surface area contributed by atoms with Crippen LogP contribution in [0, 0.1) is 18.2 Å². The first-order valence-corrected chi connectivity index (χ1v) is 7.61. The predicted octanol–water partition coefficient (Wildman–Crippen LogP) is 4.23. The van der Waals surface area contributed by atoms with Gasteiger partial charge >= 0.3 is 0 Å². The Balaban J connectivity index is 1.97. The Morgan fingerprint density at radius 2 is 1.95 bits per heavy atom. The smallest absolute Gasteiger partial charge is 0.259 e. The zero-order chi connectivity index (χ0) is 16.3. The molecule has 0 N–H and O–H groups in total. The second kappa shape index (κ2) is 4.74. The maximum atomic E-state index is 13.9. The molecule has 22 heavy (non-hydrogen) atoms. The number of hydrogen-bond donors (Lipinski definition) is 0. The summed E-state index contributed by atoms with van der Waals surface area (Å²) in [7, 11) is 0. The van der Waals surface area contributed by atoms with E-state index in [4.69, 9.17) is 0 Å². The third-order valence-electron chi connectivity index (χ3n) is 5.27. The van der Waals surface area contributed by atoms with Crippen molar-refractivity contribution in [1.82, 2.24) is 4.90 Å². The van der Waals surface area contributed by atoms with Gasteiger partial charge in [-0.1, -0.05) is 6.07 Å². The fraction of sp³-hybridized carbons (Fsp3) is 0.588. The highest BCUT2D eigenvalue weighted by atomic mass is 19.3. The first kappa shape index (κ1) is 15.4. The molecule has 0 aliphatic carbocycles. The summed E-state index contributed by atoms with van der Waals surface area (Å²) in [6.07, 6.45) is 1.56. The summed E-state index contributed by atoms with van der Waals surface area (Å²) in [5.74, 6) is -3.92. The molecule has 2 aliphatic rings. The number of aryl methyl sites for hydroxylation is 1. The molecule has 3 rings (SSSR count). The molecule has 2 heterocycles. The Bertz CT molecular complexity index is 605. The maximum absolute atomic E-state index is 13.9. The average molecular weight is 311 g/mol. The van der Waals surface area contributed by atoms with Gasteiger partial charge in [0.15, 0.2) is 0 Å². The molecule has 0 bridgehead atoms. The van der Waals surface area contributed by atoms with Crippen LogP contribution < -0.4 is 0 Å². The van der Waals surface area contributed by atoms with Crippen molar-refractivity contribution < 1.29 is 18.0 Å². The predicted molar refractivity (Wildman–Crippen MR) is 77.1 cm³/mol. The van der Waals surface area contributed by atoms with Gasteiger partial charge in [-0.25, -0.2) is 13.2 Å². The van der Waals surface area contributed by atoms with Crippen LogP contribution in [-0.4, -0.2) is 22.8 Å². The first-order valence-electron chi connectivity index (χ1n) is 7.61. The second-order valence-electron chi connectivity index (χ2n) is 6.95. The normalized spacial score (nSPS) is 31.7. The molecule has 120 valence electrons. The third kappa shape index (κ3) is 2.13. The molecule has 1 aromatic carbocycles. The van der Waals surface area contributed by atoms with Gasteiger partial charge in [0.1, 0.15) is 11.2 Å². The van der Waals surface area contributed by atoms with E-state index in [9.17, 15) is 18.0 Å². The lowest BCUT2D eigenvalue weighted by atomic mass is 9.80. The topological polar surface area (TPSA) is 20.3 Å². The lowest BCUT2D eigenvalue weighted by Gasteiger charge is -2.31. The number of fused-ring (bicyclic) bond motifs is 1.